The van der Waals surface area contributed by atoms with E-state index in [1.54, 1.807) is 16.8 Å². The number of carbonyl (C=O) groups is 1. The van der Waals surface area contributed by atoms with Crippen LogP contribution in [0.1, 0.15) is 40.5 Å². The third-order valence-electron chi connectivity index (χ3n) is 4.00. The number of aryl methyl sites for hydroxylation is 3. The lowest BCUT2D eigenvalue weighted by molar-refractivity contribution is 0.0947. The van der Waals surface area contributed by atoms with Gasteiger partial charge in [0.15, 0.2) is 5.82 Å². The number of carbonyl (C=O) groups excluding carboxylic acids is 1. The number of benzene rings is 1. The van der Waals surface area contributed by atoms with E-state index in [2.05, 4.69) is 25.9 Å². The van der Waals surface area contributed by atoms with Gasteiger partial charge in [-0.3, -0.25) is 9.48 Å². The van der Waals surface area contributed by atoms with Crippen molar-refractivity contribution in [3.63, 3.8) is 0 Å². The zero-order valence-corrected chi connectivity index (χ0v) is 14.8. The average molecular weight is 339 g/mol. The van der Waals surface area contributed by atoms with E-state index in [9.17, 15) is 4.79 Å². The summed E-state index contributed by atoms with van der Waals surface area (Å²) in [4.78, 5) is 12.5. The number of aromatic nitrogens is 6. The highest BCUT2D eigenvalue weighted by molar-refractivity contribution is 5.94. The molecule has 2 aromatic heterocycles. The lowest BCUT2D eigenvalue weighted by atomic mass is 10.2. The summed E-state index contributed by atoms with van der Waals surface area (Å²) in [5, 5.41) is 18.8. The summed E-state index contributed by atoms with van der Waals surface area (Å²) in [6.45, 7) is 8.30. The second-order valence-electron chi connectivity index (χ2n) is 6.12. The first kappa shape index (κ1) is 16.8. The summed E-state index contributed by atoms with van der Waals surface area (Å²) >= 11 is 0. The Morgan fingerprint density at radius 1 is 1.24 bits per heavy atom. The Balaban J connectivity index is 1.69. The van der Waals surface area contributed by atoms with Crippen molar-refractivity contribution in [1.29, 1.82) is 0 Å². The SMILES string of the molecule is Cc1cc(C)n([C@@H](C)CNC(=O)c2cccc(-n3nnnc3C)c2)n1. The van der Waals surface area contributed by atoms with Gasteiger partial charge in [0.1, 0.15) is 0 Å². The van der Waals surface area contributed by atoms with Gasteiger partial charge < -0.3 is 5.32 Å². The molecule has 0 aliphatic carbocycles. The van der Waals surface area contributed by atoms with Crippen LogP contribution in [0.3, 0.4) is 0 Å². The Bertz CT molecular complexity index is 896. The Kier molecular flexibility index (Phi) is 4.60. The van der Waals surface area contributed by atoms with Gasteiger partial charge in [0.2, 0.25) is 0 Å². The van der Waals surface area contributed by atoms with Crippen LogP contribution in [0.25, 0.3) is 5.69 Å². The van der Waals surface area contributed by atoms with Crippen LogP contribution in [0.5, 0.6) is 0 Å². The minimum Gasteiger partial charge on any atom is -0.350 e. The highest BCUT2D eigenvalue weighted by Crippen LogP contribution is 2.12. The first-order valence-electron chi connectivity index (χ1n) is 8.12. The molecule has 0 aliphatic rings. The zero-order valence-electron chi connectivity index (χ0n) is 14.8. The van der Waals surface area contributed by atoms with Gasteiger partial charge in [-0.05, 0) is 62.4 Å². The molecule has 1 aromatic carbocycles. The van der Waals surface area contributed by atoms with Crippen molar-refractivity contribution in [3.8, 4) is 5.69 Å². The van der Waals surface area contributed by atoms with Gasteiger partial charge in [-0.15, -0.1) is 5.10 Å². The third kappa shape index (κ3) is 3.57. The van der Waals surface area contributed by atoms with Gasteiger partial charge in [0, 0.05) is 17.8 Å². The van der Waals surface area contributed by atoms with Crippen molar-refractivity contribution in [2.24, 2.45) is 0 Å². The Hall–Kier alpha value is -3.03. The van der Waals surface area contributed by atoms with Gasteiger partial charge in [-0.2, -0.15) is 9.78 Å². The molecule has 3 aromatic rings. The van der Waals surface area contributed by atoms with Crippen LogP contribution in [-0.4, -0.2) is 42.4 Å². The Morgan fingerprint density at radius 3 is 2.68 bits per heavy atom. The monoisotopic (exact) mass is 339 g/mol. The van der Waals surface area contributed by atoms with Gasteiger partial charge in [-0.1, -0.05) is 6.07 Å². The summed E-state index contributed by atoms with van der Waals surface area (Å²) in [7, 11) is 0. The van der Waals surface area contributed by atoms with Crippen LogP contribution in [0.4, 0.5) is 0 Å². The molecule has 1 amide bonds. The molecule has 2 heterocycles. The average Bonchev–Trinajstić information content (AvgIpc) is 3.17. The lowest BCUT2D eigenvalue weighted by Gasteiger charge is -2.15. The number of hydrogen-bond donors (Lipinski definition) is 1. The van der Waals surface area contributed by atoms with Crippen molar-refractivity contribution in [2.45, 2.75) is 33.7 Å². The fraction of sp³-hybridized carbons (Fsp3) is 0.353. The molecule has 130 valence electrons. The van der Waals surface area contributed by atoms with Crippen LogP contribution < -0.4 is 5.32 Å². The number of amides is 1. The Morgan fingerprint density at radius 2 is 2.04 bits per heavy atom. The van der Waals surface area contributed by atoms with E-state index >= 15 is 0 Å². The van der Waals surface area contributed by atoms with Crippen molar-refractivity contribution < 1.29 is 4.79 Å². The van der Waals surface area contributed by atoms with E-state index in [0.29, 0.717) is 17.9 Å². The zero-order chi connectivity index (χ0) is 18.0. The van der Waals surface area contributed by atoms with E-state index < -0.39 is 0 Å². The van der Waals surface area contributed by atoms with Crippen LogP contribution in [0, 0.1) is 20.8 Å². The number of rotatable bonds is 5. The van der Waals surface area contributed by atoms with Crippen LogP contribution in [0.2, 0.25) is 0 Å². The number of nitrogens with zero attached hydrogens (tertiary/aromatic N) is 6. The summed E-state index contributed by atoms with van der Waals surface area (Å²) in [5.41, 5.74) is 3.37. The summed E-state index contributed by atoms with van der Waals surface area (Å²) in [6, 6.07) is 9.31. The highest BCUT2D eigenvalue weighted by atomic mass is 16.1. The maximum absolute atomic E-state index is 12.5. The van der Waals surface area contributed by atoms with E-state index in [4.69, 9.17) is 0 Å². The van der Waals surface area contributed by atoms with E-state index in [1.165, 1.54) is 0 Å². The molecule has 3 rings (SSSR count). The number of tetrazole rings is 1. The van der Waals surface area contributed by atoms with Crippen LogP contribution in [0.15, 0.2) is 30.3 Å². The van der Waals surface area contributed by atoms with Crippen molar-refractivity contribution in [1.82, 2.24) is 35.3 Å². The topological polar surface area (TPSA) is 90.5 Å². The van der Waals surface area contributed by atoms with E-state index in [0.717, 1.165) is 17.1 Å². The molecule has 1 atom stereocenters. The molecule has 0 bridgehead atoms. The molecule has 0 fully saturated rings. The maximum atomic E-state index is 12.5. The summed E-state index contributed by atoms with van der Waals surface area (Å²) in [6.07, 6.45) is 0. The second-order valence-corrected chi connectivity index (χ2v) is 6.12. The molecule has 0 aliphatic heterocycles. The quantitative estimate of drug-likeness (QED) is 0.765. The first-order valence-corrected chi connectivity index (χ1v) is 8.12. The smallest absolute Gasteiger partial charge is 0.251 e. The second kappa shape index (κ2) is 6.84. The molecular formula is C17H21N7O. The van der Waals surface area contributed by atoms with Crippen LogP contribution in [-0.2, 0) is 0 Å². The molecule has 0 radical (unpaired) electrons. The molecule has 0 saturated carbocycles. The normalized spacial score (nSPS) is 12.2. The summed E-state index contributed by atoms with van der Waals surface area (Å²) in [5.74, 6) is 0.525. The summed E-state index contributed by atoms with van der Waals surface area (Å²) < 4.78 is 3.52. The lowest BCUT2D eigenvalue weighted by Crippen LogP contribution is -2.30. The molecule has 8 nitrogen and oxygen atoms in total. The molecule has 0 saturated heterocycles. The van der Waals surface area contributed by atoms with Crippen LogP contribution >= 0.6 is 0 Å². The molecule has 0 spiro atoms. The predicted molar refractivity (Wildman–Crippen MR) is 92.6 cm³/mol. The fourth-order valence-corrected chi connectivity index (χ4v) is 2.77. The van der Waals surface area contributed by atoms with Gasteiger partial charge in [0.05, 0.1) is 17.4 Å². The predicted octanol–water partition coefficient (Wildman–Crippen LogP) is 1.78. The number of nitrogens with one attached hydrogen (secondary N) is 1. The van der Waals surface area contributed by atoms with Crippen molar-refractivity contribution in [2.75, 3.05) is 6.54 Å². The minimum absolute atomic E-state index is 0.0718. The Labute approximate surface area is 145 Å². The minimum atomic E-state index is -0.138. The molecule has 1 N–H and O–H groups in total. The molecule has 0 unspecified atom stereocenters. The third-order valence-corrected chi connectivity index (χ3v) is 4.00. The molecular weight excluding hydrogens is 318 g/mol. The van der Waals surface area contributed by atoms with E-state index in [1.807, 2.05) is 50.6 Å². The van der Waals surface area contributed by atoms with E-state index in [-0.39, 0.29) is 11.9 Å². The van der Waals surface area contributed by atoms with Crippen molar-refractivity contribution in [3.05, 3.63) is 53.1 Å². The fourth-order valence-electron chi connectivity index (χ4n) is 2.77. The standard InChI is InChI=1S/C17H21N7O/c1-11-8-12(2)23(20-11)13(3)10-18-17(25)15-6-5-7-16(9-15)24-14(4)19-21-22-24/h5-9,13H,10H2,1-4H3,(H,18,25)/t13-/m0/s1. The molecule has 8 heteroatoms. The van der Waals surface area contributed by atoms with Gasteiger partial charge >= 0.3 is 0 Å². The van der Waals surface area contributed by atoms with Gasteiger partial charge in [-0.25, -0.2) is 0 Å². The largest absolute Gasteiger partial charge is 0.350 e. The first-order chi connectivity index (χ1) is 12.0. The molecule has 25 heavy (non-hydrogen) atoms. The number of hydrogen-bond acceptors (Lipinski definition) is 5. The van der Waals surface area contributed by atoms with Gasteiger partial charge in [0.25, 0.3) is 5.91 Å². The van der Waals surface area contributed by atoms with Crippen molar-refractivity contribution >= 4 is 5.91 Å². The highest BCUT2D eigenvalue weighted by Gasteiger charge is 2.13. The maximum Gasteiger partial charge on any atom is 0.251 e.